The van der Waals surface area contributed by atoms with Crippen molar-refractivity contribution in [2.24, 2.45) is 10.9 Å². The van der Waals surface area contributed by atoms with Gasteiger partial charge >= 0.3 is 0 Å². The van der Waals surface area contributed by atoms with Gasteiger partial charge in [0.2, 0.25) is 5.91 Å². The molecule has 8 heteroatoms. The Morgan fingerprint density at radius 3 is 2.59 bits per heavy atom. The number of anilines is 1. The van der Waals surface area contributed by atoms with E-state index >= 15 is 0 Å². The zero-order valence-corrected chi connectivity index (χ0v) is 17.6. The maximum absolute atomic E-state index is 11.9. The van der Waals surface area contributed by atoms with Gasteiger partial charge in [-0.1, -0.05) is 0 Å². The lowest BCUT2D eigenvalue weighted by Crippen LogP contribution is -2.45. The van der Waals surface area contributed by atoms with E-state index < -0.39 is 0 Å². The molecule has 0 radical (unpaired) electrons. The van der Waals surface area contributed by atoms with Gasteiger partial charge < -0.3 is 25.2 Å². The number of pyridine rings is 1. The number of carbonyl (C=O) groups is 1. The summed E-state index contributed by atoms with van der Waals surface area (Å²) in [4.78, 5) is 24.5. The number of amides is 1. The van der Waals surface area contributed by atoms with E-state index in [0.717, 1.165) is 58.5 Å². The fourth-order valence-electron chi connectivity index (χ4n) is 3.67. The lowest BCUT2D eigenvalue weighted by molar-refractivity contribution is -0.127. The molecule has 3 heterocycles. The number of guanidine groups is 1. The second-order valence-corrected chi connectivity index (χ2v) is 7.99. The normalized spacial score (nSPS) is 20.6. The van der Waals surface area contributed by atoms with Crippen LogP contribution in [0.25, 0.3) is 0 Å². The fraction of sp³-hybridized carbons (Fsp3) is 0.667. The molecule has 2 aliphatic rings. The van der Waals surface area contributed by atoms with Crippen LogP contribution in [0.2, 0.25) is 0 Å². The Hall–Kier alpha value is -2.35. The van der Waals surface area contributed by atoms with Gasteiger partial charge in [-0.15, -0.1) is 0 Å². The van der Waals surface area contributed by atoms with Crippen LogP contribution in [0.15, 0.2) is 29.5 Å². The van der Waals surface area contributed by atoms with Crippen molar-refractivity contribution < 1.29 is 9.53 Å². The Bertz CT molecular complexity index is 652. The Morgan fingerprint density at radius 1 is 1.21 bits per heavy atom. The van der Waals surface area contributed by atoms with Gasteiger partial charge in [0.05, 0.1) is 6.10 Å². The van der Waals surface area contributed by atoms with Gasteiger partial charge in [0.25, 0.3) is 0 Å². The molecule has 1 aromatic rings. The minimum atomic E-state index is -0.00567. The predicted octanol–water partition coefficient (Wildman–Crippen LogP) is 1.10. The van der Waals surface area contributed by atoms with E-state index in [0.29, 0.717) is 11.9 Å². The summed E-state index contributed by atoms with van der Waals surface area (Å²) in [6.07, 6.45) is 8.37. The van der Waals surface area contributed by atoms with Crippen molar-refractivity contribution in [1.29, 1.82) is 0 Å². The van der Waals surface area contributed by atoms with Gasteiger partial charge in [0, 0.05) is 65.0 Å². The van der Waals surface area contributed by atoms with E-state index in [2.05, 4.69) is 37.6 Å². The smallest absolute Gasteiger partial charge is 0.243 e. The average molecular weight is 403 g/mol. The number of hydrogen-bond donors (Lipinski definition) is 2. The molecule has 1 aromatic heterocycles. The molecule has 0 aromatic carbocycles. The van der Waals surface area contributed by atoms with Crippen molar-refractivity contribution in [3.63, 3.8) is 0 Å². The number of likely N-dealkylation sites (N-methyl/N-ethyl adjacent to an activating group) is 1. The predicted molar refractivity (Wildman–Crippen MR) is 115 cm³/mol. The van der Waals surface area contributed by atoms with E-state index in [9.17, 15) is 4.79 Å². The van der Waals surface area contributed by atoms with E-state index in [1.807, 2.05) is 12.4 Å². The summed E-state index contributed by atoms with van der Waals surface area (Å²) < 4.78 is 5.69. The summed E-state index contributed by atoms with van der Waals surface area (Å²) in [7, 11) is 3.50. The maximum atomic E-state index is 11.9. The topological polar surface area (TPSA) is 82.1 Å². The van der Waals surface area contributed by atoms with E-state index in [1.165, 1.54) is 5.69 Å². The molecule has 160 valence electrons. The van der Waals surface area contributed by atoms with Crippen molar-refractivity contribution >= 4 is 17.6 Å². The van der Waals surface area contributed by atoms with Crippen LogP contribution in [0, 0.1) is 5.92 Å². The Morgan fingerprint density at radius 2 is 1.93 bits per heavy atom. The Kier molecular flexibility index (Phi) is 8.10. The fourth-order valence-corrected chi connectivity index (χ4v) is 3.67. The zero-order chi connectivity index (χ0) is 20.5. The lowest BCUT2D eigenvalue weighted by Gasteiger charge is -2.33. The summed E-state index contributed by atoms with van der Waals surface area (Å²) in [5, 5.41) is 6.80. The number of nitrogens with zero attached hydrogens (tertiary/aromatic N) is 4. The molecule has 1 amide bonds. The summed E-state index contributed by atoms with van der Waals surface area (Å²) in [5.41, 5.74) is 1.24. The number of aromatic nitrogens is 1. The highest BCUT2D eigenvalue weighted by atomic mass is 16.5. The molecule has 1 atom stereocenters. The minimum absolute atomic E-state index is 0.00567. The van der Waals surface area contributed by atoms with Crippen molar-refractivity contribution in [1.82, 2.24) is 20.5 Å². The number of piperidine rings is 1. The molecule has 2 N–H and O–H groups in total. The monoisotopic (exact) mass is 402 g/mol. The third-order valence-corrected chi connectivity index (χ3v) is 5.59. The first-order valence-electron chi connectivity index (χ1n) is 10.6. The second-order valence-electron chi connectivity index (χ2n) is 7.99. The third kappa shape index (κ3) is 6.88. The largest absolute Gasteiger partial charge is 0.376 e. The van der Waals surface area contributed by atoms with Gasteiger partial charge in [0.1, 0.15) is 6.54 Å². The van der Waals surface area contributed by atoms with Crippen molar-refractivity contribution in [3.8, 4) is 0 Å². The van der Waals surface area contributed by atoms with Crippen LogP contribution in [-0.4, -0.2) is 81.3 Å². The first-order chi connectivity index (χ1) is 14.1. The summed E-state index contributed by atoms with van der Waals surface area (Å²) in [6.45, 7) is 4.66. The van der Waals surface area contributed by atoms with Crippen LogP contribution >= 0.6 is 0 Å². The van der Waals surface area contributed by atoms with Crippen LogP contribution in [-0.2, 0) is 9.53 Å². The highest BCUT2D eigenvalue weighted by Gasteiger charge is 2.20. The van der Waals surface area contributed by atoms with E-state index in [-0.39, 0.29) is 18.6 Å². The molecule has 29 heavy (non-hydrogen) atoms. The van der Waals surface area contributed by atoms with Crippen molar-refractivity contribution in [2.45, 2.75) is 31.8 Å². The van der Waals surface area contributed by atoms with Crippen LogP contribution < -0.4 is 15.5 Å². The molecule has 8 nitrogen and oxygen atoms in total. The molecule has 0 aliphatic carbocycles. The number of hydrogen-bond acceptors (Lipinski definition) is 5. The zero-order valence-electron chi connectivity index (χ0n) is 17.6. The average Bonchev–Trinajstić information content (AvgIpc) is 3.27. The molecular weight excluding hydrogens is 368 g/mol. The first kappa shape index (κ1) is 21.4. The molecule has 0 bridgehead atoms. The van der Waals surface area contributed by atoms with E-state index in [4.69, 9.17) is 4.74 Å². The van der Waals surface area contributed by atoms with E-state index in [1.54, 1.807) is 19.0 Å². The summed E-state index contributed by atoms with van der Waals surface area (Å²) in [5.74, 6) is 1.29. The first-order valence-corrected chi connectivity index (χ1v) is 10.6. The van der Waals surface area contributed by atoms with Crippen LogP contribution in [0.4, 0.5) is 5.69 Å². The van der Waals surface area contributed by atoms with Crippen molar-refractivity contribution in [2.75, 3.05) is 58.3 Å². The minimum Gasteiger partial charge on any atom is -0.376 e. The molecule has 1 unspecified atom stereocenters. The standard InChI is InChI=1S/C21H34N6O2/c1-26(2)20(28)16-25-21(24-15-19-4-3-13-29-19)23-14-17-7-11-27(12-8-17)18-5-9-22-10-6-18/h5-6,9-10,17,19H,3-4,7-8,11-16H2,1-2H3,(H2,23,24,25). The van der Waals surface area contributed by atoms with Gasteiger partial charge in [-0.3, -0.25) is 9.78 Å². The summed E-state index contributed by atoms with van der Waals surface area (Å²) in [6, 6.07) is 4.14. The van der Waals surface area contributed by atoms with Crippen molar-refractivity contribution in [3.05, 3.63) is 24.5 Å². The van der Waals surface area contributed by atoms with Gasteiger partial charge in [-0.2, -0.15) is 0 Å². The van der Waals surface area contributed by atoms with Gasteiger partial charge in [0.15, 0.2) is 5.96 Å². The highest BCUT2D eigenvalue weighted by molar-refractivity contribution is 5.84. The molecule has 3 rings (SSSR count). The third-order valence-electron chi connectivity index (χ3n) is 5.59. The molecule has 2 fully saturated rings. The maximum Gasteiger partial charge on any atom is 0.243 e. The summed E-state index contributed by atoms with van der Waals surface area (Å²) >= 11 is 0. The highest BCUT2D eigenvalue weighted by Crippen LogP contribution is 2.22. The lowest BCUT2D eigenvalue weighted by atomic mass is 9.96. The number of ether oxygens (including phenoxy) is 1. The van der Waals surface area contributed by atoms with Crippen LogP contribution in [0.3, 0.4) is 0 Å². The van der Waals surface area contributed by atoms with Crippen LogP contribution in [0.5, 0.6) is 0 Å². The quantitative estimate of drug-likeness (QED) is 0.525. The number of carbonyl (C=O) groups excluding carboxylic acids is 1. The van der Waals surface area contributed by atoms with Gasteiger partial charge in [-0.25, -0.2) is 4.99 Å². The molecule has 2 saturated heterocycles. The molecule has 2 aliphatic heterocycles. The van der Waals surface area contributed by atoms with Gasteiger partial charge in [-0.05, 0) is 43.7 Å². The van der Waals surface area contributed by atoms with Crippen LogP contribution in [0.1, 0.15) is 25.7 Å². The molecule has 0 saturated carbocycles. The SMILES string of the molecule is CN(C)C(=O)CN=C(NCC1CCN(c2ccncc2)CC1)NCC1CCCO1. The number of nitrogens with one attached hydrogen (secondary N) is 2. The molecular formula is C21H34N6O2. The Labute approximate surface area is 173 Å². The number of aliphatic imine (C=N–C) groups is 1. The number of rotatable bonds is 7. The second kappa shape index (κ2) is 11.0. The molecule has 0 spiro atoms. The Balaban J connectivity index is 1.46.